The van der Waals surface area contributed by atoms with Crippen LogP contribution >= 0.6 is 0 Å². The Morgan fingerprint density at radius 2 is 1.18 bits per heavy atom. The number of rotatable bonds is 0. The minimum atomic E-state index is 0.500. The van der Waals surface area contributed by atoms with E-state index in [0.717, 1.165) is 11.8 Å². The Morgan fingerprint density at radius 3 is 1.53 bits per heavy atom. The van der Waals surface area contributed by atoms with Crippen LogP contribution in [0, 0.1) is 17.3 Å². The van der Waals surface area contributed by atoms with Gasteiger partial charge in [0, 0.05) is 0 Å². The Kier molecular flexibility index (Phi) is 3.61. The lowest BCUT2D eigenvalue weighted by molar-refractivity contribution is 0.203. The molecule has 0 N–H and O–H groups in total. The molecule has 1 aromatic carbocycles. The van der Waals surface area contributed by atoms with Crippen LogP contribution in [0.4, 0.5) is 0 Å². The average Bonchev–Trinajstić information content (AvgIpc) is 2.41. The highest BCUT2D eigenvalue weighted by atomic mass is 14.4. The van der Waals surface area contributed by atoms with Gasteiger partial charge in [0.1, 0.15) is 0 Å². The molecule has 2 bridgehead atoms. The van der Waals surface area contributed by atoms with Gasteiger partial charge in [0.25, 0.3) is 0 Å². The molecule has 4 rings (SSSR count). The van der Waals surface area contributed by atoms with Gasteiger partial charge in [0.2, 0.25) is 0 Å². The van der Waals surface area contributed by atoms with E-state index in [0.29, 0.717) is 5.41 Å². The monoisotopic (exact) mass is 230 g/mol. The average molecular weight is 230 g/mol. The van der Waals surface area contributed by atoms with Gasteiger partial charge in [-0.2, -0.15) is 0 Å². The van der Waals surface area contributed by atoms with E-state index >= 15 is 0 Å². The first-order valence-corrected chi connectivity index (χ1v) is 6.98. The van der Waals surface area contributed by atoms with Crippen molar-refractivity contribution in [1.82, 2.24) is 0 Å². The van der Waals surface area contributed by atoms with Gasteiger partial charge in [-0.25, -0.2) is 0 Å². The molecule has 0 aliphatic heterocycles. The standard InChI is InChI=1S/C12H14.C5H12/c1-2-4-12-8-10-5-9(6-10)7-11(12)3-1;1-5(2,3)4/h1-4,9-10H,5-8H2;1-4H3. The van der Waals surface area contributed by atoms with Crippen molar-refractivity contribution in [2.75, 3.05) is 0 Å². The number of hydrogen-bond acceptors (Lipinski definition) is 0. The molecule has 0 nitrogen and oxygen atoms in total. The molecule has 0 aromatic heterocycles. The lowest BCUT2D eigenvalue weighted by atomic mass is 9.73. The minimum Gasteiger partial charge on any atom is -0.0620 e. The molecule has 1 fully saturated rings. The summed E-state index contributed by atoms with van der Waals surface area (Å²) in [6.07, 6.45) is 5.70. The molecule has 1 aromatic rings. The van der Waals surface area contributed by atoms with Gasteiger partial charge in [-0.15, -0.1) is 0 Å². The molecule has 0 heteroatoms. The second kappa shape index (κ2) is 4.84. The van der Waals surface area contributed by atoms with E-state index in [1.807, 2.05) is 0 Å². The summed E-state index contributed by atoms with van der Waals surface area (Å²) in [7, 11) is 0. The van der Waals surface area contributed by atoms with Crippen LogP contribution in [0.2, 0.25) is 0 Å². The van der Waals surface area contributed by atoms with Crippen LogP contribution in [0.1, 0.15) is 51.7 Å². The molecule has 0 unspecified atom stereocenters. The van der Waals surface area contributed by atoms with Crippen molar-refractivity contribution < 1.29 is 0 Å². The second-order valence-electron chi connectivity index (χ2n) is 7.38. The molecular weight excluding hydrogens is 204 g/mol. The molecule has 1 saturated carbocycles. The lowest BCUT2D eigenvalue weighted by Crippen LogP contribution is -2.23. The van der Waals surface area contributed by atoms with Crippen LogP contribution in [-0.2, 0) is 12.8 Å². The summed E-state index contributed by atoms with van der Waals surface area (Å²) in [5, 5.41) is 0. The Bertz CT molecular complexity index is 329. The predicted octanol–water partition coefficient (Wildman–Crippen LogP) is 4.86. The van der Waals surface area contributed by atoms with Gasteiger partial charge < -0.3 is 0 Å². The van der Waals surface area contributed by atoms with Crippen molar-refractivity contribution in [3.05, 3.63) is 35.4 Å². The minimum absolute atomic E-state index is 0.500. The first kappa shape index (κ1) is 12.7. The summed E-state index contributed by atoms with van der Waals surface area (Å²) >= 11 is 0. The fourth-order valence-electron chi connectivity index (χ4n) is 2.78. The summed E-state index contributed by atoms with van der Waals surface area (Å²) in [5.41, 5.74) is 3.75. The van der Waals surface area contributed by atoms with Crippen molar-refractivity contribution >= 4 is 0 Å². The van der Waals surface area contributed by atoms with Crippen molar-refractivity contribution in [3.63, 3.8) is 0 Å². The topological polar surface area (TPSA) is 0 Å². The van der Waals surface area contributed by atoms with Crippen molar-refractivity contribution in [3.8, 4) is 0 Å². The van der Waals surface area contributed by atoms with Crippen LogP contribution in [0.3, 0.4) is 0 Å². The Hall–Kier alpha value is -0.780. The van der Waals surface area contributed by atoms with Gasteiger partial charge in [-0.3, -0.25) is 0 Å². The second-order valence-corrected chi connectivity index (χ2v) is 7.38. The fourth-order valence-corrected chi connectivity index (χ4v) is 2.78. The highest BCUT2D eigenvalue weighted by Crippen LogP contribution is 2.42. The molecular formula is C17H26. The zero-order valence-electron chi connectivity index (χ0n) is 11.8. The van der Waals surface area contributed by atoms with Gasteiger partial charge >= 0.3 is 0 Å². The molecule has 3 aliphatic carbocycles. The lowest BCUT2D eigenvalue weighted by Gasteiger charge is -2.32. The molecule has 0 amide bonds. The number of benzene rings is 1. The van der Waals surface area contributed by atoms with E-state index in [9.17, 15) is 0 Å². The maximum Gasteiger partial charge on any atom is -0.0247 e. The SMILES string of the molecule is CC(C)(C)C.c1ccc2c(c1)CC1CC(C2)C1. The summed E-state index contributed by atoms with van der Waals surface area (Å²) in [6, 6.07) is 9.00. The normalized spacial score (nSPS) is 25.9. The quantitative estimate of drug-likeness (QED) is 0.597. The van der Waals surface area contributed by atoms with Crippen molar-refractivity contribution in [1.29, 1.82) is 0 Å². The van der Waals surface area contributed by atoms with Crippen LogP contribution in [0.5, 0.6) is 0 Å². The molecule has 3 aliphatic rings. The summed E-state index contributed by atoms with van der Waals surface area (Å²) < 4.78 is 0. The Morgan fingerprint density at radius 1 is 0.824 bits per heavy atom. The third-order valence-electron chi connectivity index (χ3n) is 3.47. The molecule has 0 saturated heterocycles. The smallest absolute Gasteiger partial charge is 0.0247 e. The predicted molar refractivity (Wildman–Crippen MR) is 75.2 cm³/mol. The summed E-state index contributed by atoms with van der Waals surface area (Å²) in [4.78, 5) is 0. The Labute approximate surface area is 106 Å². The molecule has 94 valence electrons. The number of hydrogen-bond donors (Lipinski definition) is 0. The van der Waals surface area contributed by atoms with Gasteiger partial charge in [0.05, 0.1) is 0 Å². The summed E-state index contributed by atoms with van der Waals surface area (Å²) in [6.45, 7) is 8.75. The highest BCUT2D eigenvalue weighted by molar-refractivity contribution is 5.30. The molecule has 17 heavy (non-hydrogen) atoms. The largest absolute Gasteiger partial charge is 0.0620 e. The van der Waals surface area contributed by atoms with Gasteiger partial charge in [-0.1, -0.05) is 52.0 Å². The fraction of sp³-hybridized carbons (Fsp3) is 0.647. The van der Waals surface area contributed by atoms with E-state index in [1.165, 1.54) is 25.7 Å². The zero-order chi connectivity index (χ0) is 12.5. The van der Waals surface area contributed by atoms with Crippen LogP contribution < -0.4 is 0 Å². The summed E-state index contributed by atoms with van der Waals surface area (Å²) in [5.74, 6) is 2.05. The van der Waals surface area contributed by atoms with Crippen molar-refractivity contribution in [2.24, 2.45) is 17.3 Å². The van der Waals surface area contributed by atoms with E-state index in [4.69, 9.17) is 0 Å². The molecule has 0 atom stereocenters. The van der Waals surface area contributed by atoms with Crippen LogP contribution in [0.15, 0.2) is 24.3 Å². The van der Waals surface area contributed by atoms with Gasteiger partial charge in [0.15, 0.2) is 0 Å². The maximum atomic E-state index is 2.32. The van der Waals surface area contributed by atoms with Crippen LogP contribution in [0.25, 0.3) is 0 Å². The van der Waals surface area contributed by atoms with Crippen LogP contribution in [-0.4, -0.2) is 0 Å². The van der Waals surface area contributed by atoms with E-state index in [2.05, 4.69) is 52.0 Å². The van der Waals surface area contributed by atoms with Gasteiger partial charge in [-0.05, 0) is 54.1 Å². The molecule has 0 heterocycles. The molecule has 0 spiro atoms. The maximum absolute atomic E-state index is 2.32. The third kappa shape index (κ3) is 3.87. The van der Waals surface area contributed by atoms with E-state index < -0.39 is 0 Å². The first-order chi connectivity index (χ1) is 7.92. The zero-order valence-corrected chi connectivity index (χ0v) is 11.8. The van der Waals surface area contributed by atoms with E-state index in [1.54, 1.807) is 11.1 Å². The highest BCUT2D eigenvalue weighted by Gasteiger charge is 2.32. The van der Waals surface area contributed by atoms with Crippen molar-refractivity contribution in [2.45, 2.75) is 53.4 Å². The Balaban J connectivity index is 0.000000188. The third-order valence-corrected chi connectivity index (χ3v) is 3.47. The van der Waals surface area contributed by atoms with E-state index in [-0.39, 0.29) is 0 Å². The molecule has 0 radical (unpaired) electrons. The first-order valence-electron chi connectivity index (χ1n) is 6.98.